The van der Waals surface area contributed by atoms with Crippen molar-refractivity contribution in [2.75, 3.05) is 5.32 Å². The molecule has 2 N–H and O–H groups in total. The number of rotatable bonds is 7. The number of carbonyl (C=O) groups is 2. The van der Waals surface area contributed by atoms with Gasteiger partial charge in [0.25, 0.3) is 0 Å². The molecular formula is C20H23NO3. The Kier molecular flexibility index (Phi) is 6.13. The predicted molar refractivity (Wildman–Crippen MR) is 95.3 cm³/mol. The first-order valence-corrected chi connectivity index (χ1v) is 8.11. The first-order chi connectivity index (χ1) is 11.4. The maximum Gasteiger partial charge on any atom is 0.303 e. The molecule has 0 radical (unpaired) electrons. The molecule has 0 unspecified atom stereocenters. The highest BCUT2D eigenvalue weighted by Gasteiger charge is 2.06. The summed E-state index contributed by atoms with van der Waals surface area (Å²) in [7, 11) is 0. The summed E-state index contributed by atoms with van der Waals surface area (Å²) < 4.78 is 0. The number of aliphatic carboxylic acids is 1. The van der Waals surface area contributed by atoms with Gasteiger partial charge in [0.1, 0.15) is 0 Å². The van der Waals surface area contributed by atoms with E-state index in [1.54, 1.807) is 0 Å². The summed E-state index contributed by atoms with van der Waals surface area (Å²) in [6.45, 7) is 4.12. The number of carboxylic acids is 1. The molecule has 0 atom stereocenters. The van der Waals surface area contributed by atoms with Gasteiger partial charge in [-0.2, -0.15) is 0 Å². The lowest BCUT2D eigenvalue weighted by Crippen LogP contribution is -2.12. The molecule has 2 rings (SSSR count). The summed E-state index contributed by atoms with van der Waals surface area (Å²) in [6.07, 6.45) is 1.76. The minimum absolute atomic E-state index is 0.0201. The van der Waals surface area contributed by atoms with Gasteiger partial charge in [0.15, 0.2) is 0 Å². The molecule has 24 heavy (non-hydrogen) atoms. The Morgan fingerprint density at radius 1 is 0.958 bits per heavy atom. The van der Waals surface area contributed by atoms with Crippen molar-refractivity contribution in [1.82, 2.24) is 0 Å². The van der Waals surface area contributed by atoms with Gasteiger partial charge in [-0.15, -0.1) is 0 Å². The molecular weight excluding hydrogens is 302 g/mol. The summed E-state index contributed by atoms with van der Waals surface area (Å²) in [5.74, 6) is -0.827. The van der Waals surface area contributed by atoms with Crippen LogP contribution in [-0.2, 0) is 22.4 Å². The Bertz CT molecular complexity index is 720. The Balaban J connectivity index is 1.84. The number of carboxylic acid groups (broad SMARTS) is 1. The molecule has 0 aliphatic heterocycles. The van der Waals surface area contributed by atoms with E-state index in [-0.39, 0.29) is 12.3 Å². The maximum atomic E-state index is 12.1. The third kappa shape index (κ3) is 5.54. The second kappa shape index (κ2) is 8.29. The largest absolute Gasteiger partial charge is 0.481 e. The summed E-state index contributed by atoms with van der Waals surface area (Å²) in [5.41, 5.74) is 5.32. The topological polar surface area (TPSA) is 66.4 Å². The first kappa shape index (κ1) is 17.7. The molecule has 2 aromatic rings. The molecule has 0 aliphatic rings. The second-order valence-corrected chi connectivity index (χ2v) is 6.07. The van der Waals surface area contributed by atoms with Gasteiger partial charge in [-0.3, -0.25) is 9.59 Å². The van der Waals surface area contributed by atoms with Crippen molar-refractivity contribution in [3.05, 3.63) is 64.7 Å². The number of anilines is 1. The summed E-state index contributed by atoms with van der Waals surface area (Å²) in [5, 5.41) is 11.6. The van der Waals surface area contributed by atoms with E-state index in [9.17, 15) is 9.59 Å². The van der Waals surface area contributed by atoms with Crippen LogP contribution in [0.5, 0.6) is 0 Å². The highest BCUT2D eigenvalue weighted by Crippen LogP contribution is 2.14. The van der Waals surface area contributed by atoms with Crippen LogP contribution in [0, 0.1) is 13.8 Å². The predicted octanol–water partition coefficient (Wildman–Crippen LogP) is 3.89. The van der Waals surface area contributed by atoms with Crippen molar-refractivity contribution in [2.24, 2.45) is 0 Å². The van der Waals surface area contributed by atoms with Crippen molar-refractivity contribution in [3.63, 3.8) is 0 Å². The molecule has 0 aromatic heterocycles. The molecule has 0 bridgehead atoms. The van der Waals surface area contributed by atoms with Crippen LogP contribution >= 0.6 is 0 Å². The van der Waals surface area contributed by atoms with E-state index in [4.69, 9.17) is 5.11 Å². The van der Waals surface area contributed by atoms with Gasteiger partial charge >= 0.3 is 5.97 Å². The van der Waals surface area contributed by atoms with Crippen molar-refractivity contribution < 1.29 is 14.7 Å². The van der Waals surface area contributed by atoms with Gasteiger partial charge in [0, 0.05) is 18.5 Å². The number of hydrogen-bond acceptors (Lipinski definition) is 2. The number of hydrogen-bond donors (Lipinski definition) is 2. The second-order valence-electron chi connectivity index (χ2n) is 6.07. The number of carbonyl (C=O) groups excluding carboxylic acids is 1. The van der Waals surface area contributed by atoms with Crippen LogP contribution in [0.15, 0.2) is 42.5 Å². The molecule has 0 heterocycles. The number of aryl methyl sites for hydroxylation is 4. The van der Waals surface area contributed by atoms with Crippen LogP contribution in [0.25, 0.3) is 0 Å². The van der Waals surface area contributed by atoms with Crippen molar-refractivity contribution >= 4 is 17.6 Å². The van der Waals surface area contributed by atoms with E-state index in [0.29, 0.717) is 19.3 Å². The molecule has 4 heteroatoms. The average molecular weight is 325 g/mol. The van der Waals surface area contributed by atoms with Gasteiger partial charge in [-0.1, -0.05) is 35.9 Å². The Morgan fingerprint density at radius 3 is 2.29 bits per heavy atom. The van der Waals surface area contributed by atoms with Gasteiger partial charge in [0.2, 0.25) is 5.91 Å². The van der Waals surface area contributed by atoms with Gasteiger partial charge < -0.3 is 10.4 Å². The summed E-state index contributed by atoms with van der Waals surface area (Å²) >= 11 is 0. The van der Waals surface area contributed by atoms with E-state index in [0.717, 1.165) is 11.3 Å². The van der Waals surface area contributed by atoms with E-state index < -0.39 is 5.97 Å². The molecule has 1 amide bonds. The van der Waals surface area contributed by atoms with Crippen molar-refractivity contribution in [3.8, 4) is 0 Å². The van der Waals surface area contributed by atoms with E-state index in [2.05, 4.69) is 37.4 Å². The van der Waals surface area contributed by atoms with E-state index in [1.165, 1.54) is 16.7 Å². The van der Waals surface area contributed by atoms with E-state index in [1.807, 2.05) is 24.3 Å². The molecule has 2 aromatic carbocycles. The van der Waals surface area contributed by atoms with Crippen LogP contribution in [0.2, 0.25) is 0 Å². The molecule has 0 saturated heterocycles. The van der Waals surface area contributed by atoms with Gasteiger partial charge in [-0.05, 0) is 55.5 Å². The standard InChI is InChI=1S/C20H23NO3/c1-14-3-7-17(15(2)13-14)8-11-19(22)21-18-9-4-16(5-10-18)6-12-20(23)24/h3-5,7,9-10,13H,6,8,11-12H2,1-2H3,(H,21,22)(H,23,24). The third-order valence-corrected chi connectivity index (χ3v) is 3.98. The molecule has 0 saturated carbocycles. The fraction of sp³-hybridized carbons (Fsp3) is 0.300. The lowest BCUT2D eigenvalue weighted by Gasteiger charge is -2.08. The van der Waals surface area contributed by atoms with Crippen LogP contribution in [0.3, 0.4) is 0 Å². The van der Waals surface area contributed by atoms with Gasteiger partial charge in [0.05, 0.1) is 0 Å². The van der Waals surface area contributed by atoms with Crippen LogP contribution in [0.1, 0.15) is 35.1 Å². The quantitative estimate of drug-likeness (QED) is 0.811. The number of amides is 1. The van der Waals surface area contributed by atoms with Crippen LogP contribution in [0.4, 0.5) is 5.69 Å². The van der Waals surface area contributed by atoms with Crippen LogP contribution < -0.4 is 5.32 Å². The highest BCUT2D eigenvalue weighted by molar-refractivity contribution is 5.90. The summed E-state index contributed by atoms with van der Waals surface area (Å²) in [4.78, 5) is 22.6. The van der Waals surface area contributed by atoms with E-state index >= 15 is 0 Å². The zero-order chi connectivity index (χ0) is 17.5. The van der Waals surface area contributed by atoms with Gasteiger partial charge in [-0.25, -0.2) is 0 Å². The fourth-order valence-corrected chi connectivity index (χ4v) is 2.60. The zero-order valence-electron chi connectivity index (χ0n) is 14.1. The molecule has 4 nitrogen and oxygen atoms in total. The minimum atomic E-state index is -0.807. The monoisotopic (exact) mass is 325 g/mol. The molecule has 0 fully saturated rings. The van der Waals surface area contributed by atoms with Crippen molar-refractivity contribution in [1.29, 1.82) is 0 Å². The number of nitrogens with one attached hydrogen (secondary N) is 1. The molecule has 126 valence electrons. The zero-order valence-corrected chi connectivity index (χ0v) is 14.1. The average Bonchev–Trinajstić information content (AvgIpc) is 2.53. The Hall–Kier alpha value is -2.62. The van der Waals surface area contributed by atoms with Crippen molar-refractivity contribution in [2.45, 2.75) is 39.5 Å². The minimum Gasteiger partial charge on any atom is -0.481 e. The lowest BCUT2D eigenvalue weighted by atomic mass is 10.0. The third-order valence-electron chi connectivity index (χ3n) is 3.98. The first-order valence-electron chi connectivity index (χ1n) is 8.11. The lowest BCUT2D eigenvalue weighted by molar-refractivity contribution is -0.137. The Morgan fingerprint density at radius 2 is 1.67 bits per heavy atom. The van der Waals surface area contributed by atoms with Crippen LogP contribution in [-0.4, -0.2) is 17.0 Å². The smallest absolute Gasteiger partial charge is 0.303 e. The summed E-state index contributed by atoms with van der Waals surface area (Å²) in [6, 6.07) is 13.6. The Labute approximate surface area is 142 Å². The molecule has 0 spiro atoms. The highest BCUT2D eigenvalue weighted by atomic mass is 16.4. The molecule has 0 aliphatic carbocycles. The fourth-order valence-electron chi connectivity index (χ4n) is 2.60. The SMILES string of the molecule is Cc1ccc(CCC(=O)Nc2ccc(CCC(=O)O)cc2)c(C)c1. The normalized spacial score (nSPS) is 10.4. The number of benzene rings is 2. The maximum absolute atomic E-state index is 12.1.